The Balaban J connectivity index is 0.00000423. The Morgan fingerprint density at radius 2 is 1.79 bits per heavy atom. The lowest BCUT2D eigenvalue weighted by Crippen LogP contribution is -2.15. The Hall–Kier alpha value is -3.51. The molecule has 7 nitrogen and oxygen atoms in total. The molecule has 13 heteroatoms. The summed E-state index contributed by atoms with van der Waals surface area (Å²) in [7, 11) is 0. The molecule has 2 aromatic heterocycles. The first-order valence-electron chi connectivity index (χ1n) is 13.1. The Morgan fingerprint density at radius 1 is 1.05 bits per heavy atom. The van der Waals surface area contributed by atoms with Gasteiger partial charge in [0.05, 0.1) is 12.3 Å². The molecule has 1 aliphatic carbocycles. The third-order valence-corrected chi connectivity index (χ3v) is 8.29. The van der Waals surface area contributed by atoms with Gasteiger partial charge in [0.2, 0.25) is 0 Å². The molecule has 0 bridgehead atoms. The maximum atomic E-state index is 14.0. The zero-order chi connectivity index (χ0) is 29.6. The highest BCUT2D eigenvalue weighted by Crippen LogP contribution is 2.38. The van der Waals surface area contributed by atoms with Crippen LogP contribution in [0.5, 0.6) is 11.5 Å². The molecule has 0 aliphatic heterocycles. The van der Waals surface area contributed by atoms with Crippen molar-refractivity contribution in [2.75, 3.05) is 11.9 Å². The molecule has 43 heavy (non-hydrogen) atoms. The van der Waals surface area contributed by atoms with Gasteiger partial charge in [-0.25, -0.2) is 14.2 Å². The zero-order valence-corrected chi connectivity index (χ0v) is 24.8. The van der Waals surface area contributed by atoms with Crippen molar-refractivity contribution in [3.05, 3.63) is 104 Å². The first-order valence-corrected chi connectivity index (χ1v) is 14.7. The molecule has 5 rings (SSSR count). The van der Waals surface area contributed by atoms with Gasteiger partial charge < -0.3 is 25.0 Å². The van der Waals surface area contributed by atoms with Gasteiger partial charge in [-0.15, -0.1) is 11.3 Å². The van der Waals surface area contributed by atoms with E-state index in [4.69, 9.17) is 32.7 Å². The molecule has 0 amide bonds. The number of aromatic amines is 1. The third kappa shape index (κ3) is 8.76. The van der Waals surface area contributed by atoms with Crippen LogP contribution in [0.4, 0.5) is 18.9 Å². The third-order valence-electron chi connectivity index (χ3n) is 6.55. The molecule has 0 radical (unpaired) electrons. The van der Waals surface area contributed by atoms with Crippen LogP contribution in [0.15, 0.2) is 67.0 Å². The van der Waals surface area contributed by atoms with Gasteiger partial charge >= 0.3 is 12.6 Å². The molecule has 1 fully saturated rings. The average molecular weight is 656 g/mol. The molecule has 1 saturated carbocycles. The van der Waals surface area contributed by atoms with Gasteiger partial charge in [-0.2, -0.15) is 8.78 Å². The fraction of sp³-hybridized carbons (Fsp3) is 0.267. The van der Waals surface area contributed by atoms with Crippen molar-refractivity contribution < 1.29 is 42.6 Å². The van der Waals surface area contributed by atoms with Crippen LogP contribution >= 0.6 is 34.5 Å². The number of benzene rings is 2. The number of nitrogens with one attached hydrogen (secondary N) is 2. The van der Waals surface area contributed by atoms with Crippen LogP contribution in [-0.2, 0) is 17.7 Å². The second-order valence-corrected chi connectivity index (χ2v) is 11.6. The van der Waals surface area contributed by atoms with Crippen molar-refractivity contribution >= 4 is 46.2 Å². The highest BCUT2D eigenvalue weighted by Gasteiger charge is 2.27. The molecular weight excluding hydrogens is 628 g/mol. The summed E-state index contributed by atoms with van der Waals surface area (Å²) in [6, 6.07) is 14.1. The quantitative estimate of drug-likeness (QED) is 0.147. The second kappa shape index (κ2) is 14.8. The zero-order valence-electron chi connectivity index (χ0n) is 22.5. The Morgan fingerprint density at radius 3 is 2.49 bits per heavy atom. The van der Waals surface area contributed by atoms with Crippen molar-refractivity contribution in [1.82, 2.24) is 0 Å². The Labute approximate surface area is 259 Å². The minimum absolute atomic E-state index is 0. The first-order chi connectivity index (χ1) is 20.3. The highest BCUT2D eigenvalue weighted by atomic mass is 35.5. The smallest absolute Gasteiger partial charge is 0.387 e. The summed E-state index contributed by atoms with van der Waals surface area (Å²) in [6.45, 7) is -2.37. The fourth-order valence-electron chi connectivity index (χ4n) is 4.16. The number of rotatable bonds is 13. The number of carbonyl (C=O) groups is 1. The van der Waals surface area contributed by atoms with Gasteiger partial charge in [0.15, 0.2) is 23.9 Å². The predicted octanol–water partition coefficient (Wildman–Crippen LogP) is 7.97. The van der Waals surface area contributed by atoms with E-state index in [-0.39, 0.29) is 29.2 Å². The van der Waals surface area contributed by atoms with Crippen LogP contribution in [0.3, 0.4) is 0 Å². The summed E-state index contributed by atoms with van der Waals surface area (Å²) < 4.78 is 56.6. The number of hydrogen-bond donors (Lipinski definition) is 1. The lowest BCUT2D eigenvalue weighted by molar-refractivity contribution is -0.377. The van der Waals surface area contributed by atoms with Crippen molar-refractivity contribution in [2.24, 2.45) is 5.92 Å². The topological polar surface area (TPSA) is 101 Å². The van der Waals surface area contributed by atoms with Crippen LogP contribution < -0.4 is 19.8 Å². The molecule has 1 atom stereocenters. The molecule has 2 heterocycles. The van der Waals surface area contributed by atoms with Crippen LogP contribution in [0, 0.1) is 11.7 Å². The number of H-pyrrole nitrogens is 1. The molecule has 0 spiro atoms. The van der Waals surface area contributed by atoms with Gasteiger partial charge in [-0.05, 0) is 60.7 Å². The number of thiophene rings is 1. The fourth-order valence-corrected chi connectivity index (χ4v) is 5.53. The predicted molar refractivity (Wildman–Crippen MR) is 156 cm³/mol. The minimum atomic E-state index is -3.04. The molecule has 2 aromatic carbocycles. The van der Waals surface area contributed by atoms with E-state index in [9.17, 15) is 18.0 Å². The number of alkyl halides is 2. The summed E-state index contributed by atoms with van der Waals surface area (Å²) in [6.07, 6.45) is 4.32. The van der Waals surface area contributed by atoms with Gasteiger partial charge in [0.25, 0.3) is 0 Å². The maximum absolute atomic E-state index is 14.0. The number of hydrogen-bond acceptors (Lipinski definition) is 7. The summed E-state index contributed by atoms with van der Waals surface area (Å²) >= 11 is 14.0. The van der Waals surface area contributed by atoms with Crippen LogP contribution in [0.25, 0.3) is 0 Å². The second-order valence-electron chi connectivity index (χ2n) is 9.67. The van der Waals surface area contributed by atoms with Crippen LogP contribution in [0.2, 0.25) is 10.0 Å². The first kappa shape index (κ1) is 32.4. The molecule has 1 aliphatic rings. The van der Waals surface area contributed by atoms with E-state index in [1.807, 2.05) is 0 Å². The molecule has 3 N–H and O–H groups in total. The van der Waals surface area contributed by atoms with Crippen molar-refractivity contribution in [2.45, 2.75) is 38.5 Å². The number of anilines is 1. The molecular formula is C30H27Cl2F3N2O5S. The summed E-state index contributed by atoms with van der Waals surface area (Å²) in [5, 5.41) is 3.69. The number of esters is 1. The van der Waals surface area contributed by atoms with E-state index in [2.05, 4.69) is 15.0 Å². The lowest BCUT2D eigenvalue weighted by atomic mass is 10.0. The van der Waals surface area contributed by atoms with E-state index >= 15 is 0 Å². The molecule has 228 valence electrons. The molecule has 0 saturated heterocycles. The number of pyridine rings is 1. The monoisotopic (exact) mass is 654 g/mol. The Kier molecular flexibility index (Phi) is 11.1. The van der Waals surface area contributed by atoms with Crippen molar-refractivity contribution in [1.29, 1.82) is 0 Å². The van der Waals surface area contributed by atoms with Crippen molar-refractivity contribution in [3.63, 3.8) is 0 Å². The van der Waals surface area contributed by atoms with E-state index in [0.29, 0.717) is 50.8 Å². The van der Waals surface area contributed by atoms with Crippen LogP contribution in [0.1, 0.15) is 44.6 Å². The number of aromatic nitrogens is 1. The normalized spacial score (nSPS) is 13.3. The largest absolute Gasteiger partial charge is 0.870 e. The average Bonchev–Trinajstić information content (AvgIpc) is 3.67. The van der Waals surface area contributed by atoms with Gasteiger partial charge in [-0.1, -0.05) is 41.4 Å². The van der Waals surface area contributed by atoms with Gasteiger partial charge in [0.1, 0.15) is 26.8 Å². The molecule has 4 aromatic rings. The number of carbonyl (C=O) groups excluding carboxylic acids is 1. The Bertz CT molecular complexity index is 1530. The van der Waals surface area contributed by atoms with E-state index in [1.165, 1.54) is 35.6 Å². The summed E-state index contributed by atoms with van der Waals surface area (Å²) in [5.74, 6) is -0.615. The SMILES string of the molecule is O=C(O[C@@H](Cc1c(Cl)c[nH+]cc1Cl)c1ccc(OC(F)F)c(OCC2CC2)c1)c1ccc(CNc2ccccc2F)s1.[OH-]. The number of para-hydroxylation sites is 1. The van der Waals surface area contributed by atoms with Gasteiger partial charge in [0, 0.05) is 23.4 Å². The number of ether oxygens (including phenoxy) is 3. The summed E-state index contributed by atoms with van der Waals surface area (Å²) in [5.41, 5.74) is 1.36. The highest BCUT2D eigenvalue weighted by molar-refractivity contribution is 7.13. The minimum Gasteiger partial charge on any atom is -0.870 e. The standard InChI is InChI=1S/C30H25Cl2F3N2O4S.H2O/c31-21-14-36-15-22(32)20(21)12-26(18-7-9-25(41-30(34)35)27(11-18)39-16-17-5-6-17)40-29(38)28-10-8-19(42-28)13-37-24-4-2-1-3-23(24)33;/h1-4,7-11,14-15,17,26,30,37H,5-6,12-13,16H2;1H2/t26-;/m0./s1. The van der Waals surface area contributed by atoms with Gasteiger partial charge in [-0.3, -0.25) is 0 Å². The molecule has 0 unspecified atom stereocenters. The maximum Gasteiger partial charge on any atom is 0.387 e. The van der Waals surface area contributed by atoms with E-state index in [1.54, 1.807) is 42.7 Å². The lowest BCUT2D eigenvalue weighted by Gasteiger charge is -2.21. The van der Waals surface area contributed by atoms with Crippen LogP contribution in [-0.4, -0.2) is 24.7 Å². The summed E-state index contributed by atoms with van der Waals surface area (Å²) in [4.78, 5) is 17.3. The number of halogens is 5. The van der Waals surface area contributed by atoms with E-state index in [0.717, 1.165) is 17.7 Å². The van der Waals surface area contributed by atoms with E-state index < -0.39 is 18.7 Å². The van der Waals surface area contributed by atoms with Crippen molar-refractivity contribution in [3.8, 4) is 11.5 Å².